The molecule has 0 amide bonds. The second kappa shape index (κ2) is 48.4. The van der Waals surface area contributed by atoms with Crippen molar-refractivity contribution in [2.45, 2.75) is 310 Å². The summed E-state index contributed by atoms with van der Waals surface area (Å²) < 4.78 is 16.8. The van der Waals surface area contributed by atoms with Crippen molar-refractivity contribution in [3.63, 3.8) is 0 Å². The smallest absolute Gasteiger partial charge is 0.306 e. The predicted octanol–water partition coefficient (Wildman–Crippen LogP) is 17.5. The van der Waals surface area contributed by atoms with Gasteiger partial charge in [-0.25, -0.2) is 0 Å². The van der Waals surface area contributed by atoms with Crippen LogP contribution in [0, 0.1) is 5.92 Å². The van der Waals surface area contributed by atoms with Crippen LogP contribution in [0.15, 0.2) is 0 Å². The van der Waals surface area contributed by atoms with Gasteiger partial charge in [0.05, 0.1) is 0 Å². The third kappa shape index (κ3) is 47.5. The number of unbranched alkanes of at least 4 members (excludes halogenated alkanes) is 36. The van der Waals surface area contributed by atoms with Crippen molar-refractivity contribution >= 4 is 17.9 Å². The summed E-state index contributed by atoms with van der Waals surface area (Å²) in [6, 6.07) is 0. The number of carbonyl (C=O) groups excluding carboxylic acids is 3. The van der Waals surface area contributed by atoms with Crippen molar-refractivity contribution in [2.75, 3.05) is 13.2 Å². The van der Waals surface area contributed by atoms with Crippen LogP contribution >= 0.6 is 0 Å². The van der Waals surface area contributed by atoms with Crippen LogP contribution in [-0.2, 0) is 28.6 Å². The highest BCUT2D eigenvalue weighted by atomic mass is 16.6. The van der Waals surface area contributed by atoms with Gasteiger partial charge in [-0.15, -0.1) is 0 Å². The van der Waals surface area contributed by atoms with Crippen molar-refractivity contribution in [3.05, 3.63) is 0 Å². The van der Waals surface area contributed by atoms with E-state index in [0.29, 0.717) is 19.3 Å². The van der Waals surface area contributed by atoms with Gasteiger partial charge in [-0.05, 0) is 25.2 Å². The van der Waals surface area contributed by atoms with Gasteiger partial charge < -0.3 is 14.2 Å². The molecule has 0 aromatic rings. The molecule has 0 aliphatic carbocycles. The minimum atomic E-state index is -0.760. The Kier molecular flexibility index (Phi) is 47.2. The number of carbonyl (C=O) groups is 3. The average Bonchev–Trinajstić information content (AvgIpc) is 3.23. The third-order valence-corrected chi connectivity index (χ3v) is 12.3. The summed E-state index contributed by atoms with van der Waals surface area (Å²) in [7, 11) is 0. The molecule has 6 nitrogen and oxygen atoms in total. The van der Waals surface area contributed by atoms with Gasteiger partial charge in [-0.1, -0.05) is 265 Å². The molecule has 0 radical (unpaired) electrons. The molecule has 0 N–H and O–H groups in total. The summed E-state index contributed by atoms with van der Waals surface area (Å²) in [6.07, 6.45) is 50.9. The van der Waals surface area contributed by atoms with Gasteiger partial charge in [-0.2, -0.15) is 0 Å². The van der Waals surface area contributed by atoms with Crippen LogP contribution in [0.25, 0.3) is 0 Å². The minimum absolute atomic E-state index is 0.0624. The number of ether oxygens (including phenoxy) is 3. The quantitative estimate of drug-likeness (QED) is 0.0345. The molecule has 356 valence electrons. The molecule has 0 aliphatic rings. The van der Waals surface area contributed by atoms with E-state index in [2.05, 4.69) is 27.7 Å². The first-order valence-electron chi connectivity index (χ1n) is 26.9. The van der Waals surface area contributed by atoms with E-state index in [1.807, 2.05) is 0 Å². The van der Waals surface area contributed by atoms with E-state index in [0.717, 1.165) is 63.7 Å². The summed E-state index contributed by atoms with van der Waals surface area (Å²) >= 11 is 0. The van der Waals surface area contributed by atoms with Gasteiger partial charge in [0, 0.05) is 19.3 Å². The maximum absolute atomic E-state index is 12.8. The van der Waals surface area contributed by atoms with Gasteiger partial charge in [0.1, 0.15) is 13.2 Å². The monoisotopic (exact) mass is 849 g/mol. The highest BCUT2D eigenvalue weighted by Crippen LogP contribution is 2.17. The number of hydrogen-bond acceptors (Lipinski definition) is 6. The Morgan fingerprint density at radius 3 is 0.817 bits per heavy atom. The molecule has 0 rings (SSSR count). The Hall–Kier alpha value is -1.59. The molecule has 60 heavy (non-hydrogen) atoms. The standard InChI is InChI=1S/C54H104O6/c1-5-7-9-11-13-15-17-18-19-20-23-26-30-34-38-42-46-53(56)59-49-51(48-58-52(55)45-41-37-33-29-16-14-12-10-8-6-2)60-54(57)47-43-39-35-31-27-24-21-22-25-28-32-36-40-44-50(3)4/h50-51H,5-49H2,1-4H3/t51-/m0/s1. The van der Waals surface area contributed by atoms with Crippen LogP contribution in [0.5, 0.6) is 0 Å². The van der Waals surface area contributed by atoms with E-state index >= 15 is 0 Å². The molecule has 0 unspecified atom stereocenters. The average molecular weight is 849 g/mol. The Bertz CT molecular complexity index is 903. The first kappa shape index (κ1) is 58.4. The SMILES string of the molecule is CCCCCCCCCCCCCCCCCCC(=O)OC[C@H](COC(=O)CCCCCCCCCCCC)OC(=O)CCCCCCCCCCCCCCCC(C)C. The Morgan fingerprint density at radius 1 is 0.317 bits per heavy atom. The lowest BCUT2D eigenvalue weighted by Gasteiger charge is -2.18. The lowest BCUT2D eigenvalue weighted by molar-refractivity contribution is -0.167. The molecule has 0 fully saturated rings. The van der Waals surface area contributed by atoms with E-state index < -0.39 is 6.10 Å². The summed E-state index contributed by atoms with van der Waals surface area (Å²) in [4.78, 5) is 37.9. The van der Waals surface area contributed by atoms with E-state index in [9.17, 15) is 14.4 Å². The van der Waals surface area contributed by atoms with Crippen molar-refractivity contribution in [1.29, 1.82) is 0 Å². The van der Waals surface area contributed by atoms with Crippen LogP contribution in [0.2, 0.25) is 0 Å². The van der Waals surface area contributed by atoms with Crippen LogP contribution in [0.1, 0.15) is 304 Å². The van der Waals surface area contributed by atoms with Gasteiger partial charge in [0.25, 0.3) is 0 Å². The fraction of sp³-hybridized carbons (Fsp3) is 0.944. The molecule has 0 aromatic carbocycles. The fourth-order valence-electron chi connectivity index (χ4n) is 8.22. The van der Waals surface area contributed by atoms with E-state index in [1.165, 1.54) is 199 Å². The molecule has 0 aliphatic heterocycles. The van der Waals surface area contributed by atoms with Crippen molar-refractivity contribution in [3.8, 4) is 0 Å². The van der Waals surface area contributed by atoms with Crippen molar-refractivity contribution in [2.24, 2.45) is 5.92 Å². The van der Waals surface area contributed by atoms with E-state index in [4.69, 9.17) is 14.2 Å². The van der Waals surface area contributed by atoms with Crippen LogP contribution < -0.4 is 0 Å². The molecule has 0 aromatic heterocycles. The zero-order valence-corrected chi connectivity index (χ0v) is 40.9. The molecule has 0 bridgehead atoms. The third-order valence-electron chi connectivity index (χ3n) is 12.3. The zero-order chi connectivity index (χ0) is 43.8. The number of rotatable bonds is 49. The highest BCUT2D eigenvalue weighted by Gasteiger charge is 2.19. The first-order valence-corrected chi connectivity index (χ1v) is 26.9. The Morgan fingerprint density at radius 2 is 0.550 bits per heavy atom. The summed E-state index contributed by atoms with van der Waals surface area (Å²) in [5.41, 5.74) is 0. The maximum Gasteiger partial charge on any atom is 0.306 e. The molecular weight excluding hydrogens is 745 g/mol. The van der Waals surface area contributed by atoms with Crippen LogP contribution in [0.3, 0.4) is 0 Å². The lowest BCUT2D eigenvalue weighted by Crippen LogP contribution is -2.30. The van der Waals surface area contributed by atoms with E-state index in [1.54, 1.807) is 0 Å². The molecule has 0 saturated carbocycles. The normalized spacial score (nSPS) is 11.9. The van der Waals surface area contributed by atoms with Crippen LogP contribution in [-0.4, -0.2) is 37.2 Å². The number of hydrogen-bond donors (Lipinski definition) is 0. The fourth-order valence-corrected chi connectivity index (χ4v) is 8.22. The first-order chi connectivity index (χ1) is 29.4. The second-order valence-electron chi connectivity index (χ2n) is 19.0. The van der Waals surface area contributed by atoms with Crippen molar-refractivity contribution in [1.82, 2.24) is 0 Å². The van der Waals surface area contributed by atoms with Crippen molar-refractivity contribution < 1.29 is 28.6 Å². The predicted molar refractivity (Wildman–Crippen MR) is 257 cm³/mol. The summed E-state index contributed by atoms with van der Waals surface area (Å²) in [5.74, 6) is -0.00426. The lowest BCUT2D eigenvalue weighted by atomic mass is 10.0. The Labute approximate surface area is 374 Å². The maximum atomic E-state index is 12.8. The van der Waals surface area contributed by atoms with Gasteiger partial charge in [0.2, 0.25) is 0 Å². The van der Waals surface area contributed by atoms with Gasteiger partial charge >= 0.3 is 17.9 Å². The number of esters is 3. The zero-order valence-electron chi connectivity index (χ0n) is 40.9. The minimum Gasteiger partial charge on any atom is -0.462 e. The molecule has 1 atom stereocenters. The topological polar surface area (TPSA) is 78.9 Å². The molecule has 0 spiro atoms. The molecule has 0 heterocycles. The van der Waals surface area contributed by atoms with Gasteiger partial charge in [0.15, 0.2) is 6.10 Å². The summed E-state index contributed by atoms with van der Waals surface area (Å²) in [5, 5.41) is 0. The van der Waals surface area contributed by atoms with Crippen LogP contribution in [0.4, 0.5) is 0 Å². The molecular formula is C54H104O6. The van der Waals surface area contributed by atoms with Gasteiger partial charge in [-0.3, -0.25) is 14.4 Å². The Balaban J connectivity index is 4.27. The molecule has 0 saturated heterocycles. The summed E-state index contributed by atoms with van der Waals surface area (Å²) in [6.45, 7) is 9.03. The second-order valence-corrected chi connectivity index (χ2v) is 19.0. The van der Waals surface area contributed by atoms with E-state index in [-0.39, 0.29) is 31.1 Å². The largest absolute Gasteiger partial charge is 0.462 e. The molecule has 6 heteroatoms. The highest BCUT2D eigenvalue weighted by molar-refractivity contribution is 5.71.